The molecule has 1 heterocycles. The summed E-state index contributed by atoms with van der Waals surface area (Å²) in [6.45, 7) is 10.4. The maximum Gasteiger partial charge on any atom is 0.141 e. The van der Waals surface area contributed by atoms with Gasteiger partial charge in [-0.05, 0) is 13.8 Å². The summed E-state index contributed by atoms with van der Waals surface area (Å²) in [5.41, 5.74) is 0. The van der Waals surface area contributed by atoms with Crippen molar-refractivity contribution in [1.29, 1.82) is 0 Å². The second kappa shape index (κ2) is 10.3. The predicted molar refractivity (Wildman–Crippen MR) is 73.4 cm³/mol. The van der Waals surface area contributed by atoms with E-state index in [0.717, 1.165) is 32.8 Å². The number of carbonyl (C=O) groups excluding carboxylic acids is 1. The average Bonchev–Trinajstić information content (AvgIpc) is 2.41. The molecule has 1 saturated heterocycles. The van der Waals surface area contributed by atoms with E-state index in [1.54, 1.807) is 0 Å². The highest BCUT2D eigenvalue weighted by molar-refractivity contribution is 5.82. The zero-order valence-corrected chi connectivity index (χ0v) is 12.2. The molecule has 1 fully saturated rings. The third-order valence-corrected chi connectivity index (χ3v) is 3.26. The number of carbonyl (C=O) groups is 1. The Bertz CT molecular complexity index is 238. The van der Waals surface area contributed by atoms with Gasteiger partial charge in [-0.25, -0.2) is 0 Å². The summed E-state index contributed by atoms with van der Waals surface area (Å²) in [4.78, 5) is 14.1. The molecule has 0 saturated carbocycles. The Hall–Kier alpha value is -0.490. The third-order valence-electron chi connectivity index (χ3n) is 3.26. The third kappa shape index (κ3) is 7.01. The lowest BCUT2D eigenvalue weighted by Gasteiger charge is -2.28. The van der Waals surface area contributed by atoms with Crippen LogP contribution in [0.5, 0.6) is 0 Å². The van der Waals surface area contributed by atoms with E-state index < -0.39 is 0 Å². The normalized spacial score (nSPS) is 20.2. The Kier molecular flexibility index (Phi) is 8.99. The maximum atomic E-state index is 11.8. The molecule has 5 heteroatoms. The highest BCUT2D eigenvalue weighted by atomic mass is 16.5. The Morgan fingerprint density at radius 1 is 1.21 bits per heavy atom. The van der Waals surface area contributed by atoms with Crippen molar-refractivity contribution in [3.8, 4) is 0 Å². The quantitative estimate of drug-likeness (QED) is 0.555. The first-order chi connectivity index (χ1) is 9.27. The van der Waals surface area contributed by atoms with Crippen molar-refractivity contribution in [2.75, 3.05) is 59.3 Å². The molecule has 0 amide bonds. The van der Waals surface area contributed by atoms with Crippen LogP contribution in [0.25, 0.3) is 0 Å². The zero-order chi connectivity index (χ0) is 13.9. The maximum absolute atomic E-state index is 11.8. The van der Waals surface area contributed by atoms with Crippen molar-refractivity contribution in [1.82, 2.24) is 4.90 Å². The lowest BCUT2D eigenvalue weighted by Crippen LogP contribution is -2.41. The molecule has 0 aromatic carbocycles. The Balaban J connectivity index is 2.34. The van der Waals surface area contributed by atoms with Crippen LogP contribution in [0.2, 0.25) is 0 Å². The highest BCUT2D eigenvalue weighted by Crippen LogP contribution is 2.11. The van der Waals surface area contributed by atoms with Gasteiger partial charge in [0.15, 0.2) is 0 Å². The van der Waals surface area contributed by atoms with Crippen molar-refractivity contribution in [3.05, 3.63) is 0 Å². The fourth-order valence-corrected chi connectivity index (χ4v) is 2.13. The Morgan fingerprint density at radius 3 is 2.37 bits per heavy atom. The van der Waals surface area contributed by atoms with E-state index in [1.165, 1.54) is 0 Å². The number of Topliss-reactive ketones (excluding diaryl/α,β-unsaturated/α-hetero) is 1. The molecule has 1 atom stereocenters. The van der Waals surface area contributed by atoms with Crippen molar-refractivity contribution in [2.24, 2.45) is 5.92 Å². The van der Waals surface area contributed by atoms with E-state index in [2.05, 4.69) is 4.90 Å². The summed E-state index contributed by atoms with van der Waals surface area (Å²) < 4.78 is 16.2. The zero-order valence-electron chi connectivity index (χ0n) is 12.2. The molecule has 1 aliphatic heterocycles. The van der Waals surface area contributed by atoms with Crippen LogP contribution in [-0.4, -0.2) is 70.0 Å². The molecule has 0 N–H and O–H groups in total. The van der Waals surface area contributed by atoms with Gasteiger partial charge in [0.05, 0.1) is 32.3 Å². The van der Waals surface area contributed by atoms with Crippen LogP contribution in [-0.2, 0) is 19.0 Å². The van der Waals surface area contributed by atoms with Crippen molar-refractivity contribution >= 4 is 5.78 Å². The first kappa shape index (κ1) is 16.6. The standard InChI is InChI=1S/C14H27NO4/c1-3-17-9-6-15(7-10-18-4-2)11-13-12-19-8-5-14(13)16/h13H,3-12H2,1-2H3. The molecular formula is C14H27NO4. The van der Waals surface area contributed by atoms with Gasteiger partial charge in [-0.3, -0.25) is 9.69 Å². The fourth-order valence-electron chi connectivity index (χ4n) is 2.13. The van der Waals surface area contributed by atoms with Gasteiger partial charge >= 0.3 is 0 Å². The van der Waals surface area contributed by atoms with E-state index in [0.29, 0.717) is 38.6 Å². The lowest BCUT2D eigenvalue weighted by molar-refractivity contribution is -0.131. The Morgan fingerprint density at radius 2 is 1.84 bits per heavy atom. The molecule has 19 heavy (non-hydrogen) atoms. The van der Waals surface area contributed by atoms with E-state index in [9.17, 15) is 4.79 Å². The van der Waals surface area contributed by atoms with E-state index in [1.807, 2.05) is 13.8 Å². The summed E-state index contributed by atoms with van der Waals surface area (Å²) in [6.07, 6.45) is 0.551. The first-order valence-corrected chi connectivity index (χ1v) is 7.26. The van der Waals surface area contributed by atoms with Crippen LogP contribution in [0.1, 0.15) is 20.3 Å². The van der Waals surface area contributed by atoms with Crippen molar-refractivity contribution < 1.29 is 19.0 Å². The summed E-state index contributed by atoms with van der Waals surface area (Å²) in [6, 6.07) is 0. The van der Waals surface area contributed by atoms with E-state index in [-0.39, 0.29) is 5.92 Å². The minimum Gasteiger partial charge on any atom is -0.380 e. The topological polar surface area (TPSA) is 48.0 Å². The molecule has 1 aliphatic rings. The molecular weight excluding hydrogens is 246 g/mol. The summed E-state index contributed by atoms with van der Waals surface area (Å²) in [5, 5.41) is 0. The number of rotatable bonds is 10. The van der Waals surface area contributed by atoms with Crippen LogP contribution in [0.4, 0.5) is 0 Å². The monoisotopic (exact) mass is 273 g/mol. The number of ketones is 1. The predicted octanol–water partition coefficient (Wildman–Crippen LogP) is 0.967. The van der Waals surface area contributed by atoms with Crippen LogP contribution in [0.3, 0.4) is 0 Å². The molecule has 0 radical (unpaired) electrons. The molecule has 0 aliphatic carbocycles. The smallest absolute Gasteiger partial charge is 0.141 e. The highest BCUT2D eigenvalue weighted by Gasteiger charge is 2.24. The number of hydrogen-bond acceptors (Lipinski definition) is 5. The number of nitrogens with zero attached hydrogens (tertiary/aromatic N) is 1. The molecule has 0 bridgehead atoms. The molecule has 1 rings (SSSR count). The van der Waals surface area contributed by atoms with Crippen molar-refractivity contribution in [3.63, 3.8) is 0 Å². The van der Waals surface area contributed by atoms with Gasteiger partial charge in [0, 0.05) is 39.3 Å². The lowest BCUT2D eigenvalue weighted by atomic mass is 10.00. The van der Waals surface area contributed by atoms with Crippen LogP contribution >= 0.6 is 0 Å². The van der Waals surface area contributed by atoms with Crippen LogP contribution in [0, 0.1) is 5.92 Å². The largest absolute Gasteiger partial charge is 0.380 e. The van der Waals surface area contributed by atoms with Gasteiger partial charge in [0.2, 0.25) is 0 Å². The number of hydrogen-bond donors (Lipinski definition) is 0. The second-order valence-electron chi connectivity index (χ2n) is 4.68. The molecule has 0 spiro atoms. The van der Waals surface area contributed by atoms with Crippen molar-refractivity contribution in [2.45, 2.75) is 20.3 Å². The van der Waals surface area contributed by atoms with E-state index >= 15 is 0 Å². The summed E-state index contributed by atoms with van der Waals surface area (Å²) in [7, 11) is 0. The molecule has 1 unspecified atom stereocenters. The molecule has 5 nitrogen and oxygen atoms in total. The van der Waals surface area contributed by atoms with Gasteiger partial charge in [-0.1, -0.05) is 0 Å². The van der Waals surface area contributed by atoms with Gasteiger partial charge in [0.1, 0.15) is 5.78 Å². The summed E-state index contributed by atoms with van der Waals surface area (Å²) >= 11 is 0. The number of ether oxygens (including phenoxy) is 3. The molecule has 0 aromatic rings. The van der Waals surface area contributed by atoms with Gasteiger partial charge in [-0.15, -0.1) is 0 Å². The molecule has 0 aromatic heterocycles. The Labute approximate surface area is 116 Å². The fraction of sp³-hybridized carbons (Fsp3) is 0.929. The van der Waals surface area contributed by atoms with Gasteiger partial charge in [0.25, 0.3) is 0 Å². The second-order valence-corrected chi connectivity index (χ2v) is 4.68. The minimum absolute atomic E-state index is 0.0111. The molecule has 112 valence electrons. The van der Waals surface area contributed by atoms with E-state index in [4.69, 9.17) is 14.2 Å². The SMILES string of the molecule is CCOCCN(CCOCC)CC1COCCC1=O. The van der Waals surface area contributed by atoms with Crippen LogP contribution < -0.4 is 0 Å². The van der Waals surface area contributed by atoms with Crippen LogP contribution in [0.15, 0.2) is 0 Å². The first-order valence-electron chi connectivity index (χ1n) is 7.26. The summed E-state index contributed by atoms with van der Waals surface area (Å²) in [5.74, 6) is 0.334. The minimum atomic E-state index is 0.0111. The average molecular weight is 273 g/mol. The van der Waals surface area contributed by atoms with Gasteiger partial charge in [-0.2, -0.15) is 0 Å². The van der Waals surface area contributed by atoms with Gasteiger partial charge < -0.3 is 14.2 Å².